The number of rotatable bonds is 2. The van der Waals surface area contributed by atoms with Crippen molar-refractivity contribution in [3.05, 3.63) is 12.7 Å². The van der Waals surface area contributed by atoms with Crippen LogP contribution in [0.2, 0.25) is 0 Å². The third kappa shape index (κ3) is 1.88. The molecule has 0 aromatic heterocycles. The van der Waals surface area contributed by atoms with Crippen LogP contribution in [0.5, 0.6) is 0 Å². The van der Waals surface area contributed by atoms with Gasteiger partial charge in [-0.15, -0.1) is 6.58 Å². The van der Waals surface area contributed by atoms with Gasteiger partial charge in [0.1, 0.15) is 0 Å². The Balaban J connectivity index is 2.36. The number of aliphatic imine (C=N–C) groups is 1. The fourth-order valence-electron chi connectivity index (χ4n) is 0.751. The van der Waals surface area contributed by atoms with Gasteiger partial charge in [0.05, 0.1) is 6.61 Å². The van der Waals surface area contributed by atoms with Gasteiger partial charge in [0.25, 0.3) is 0 Å². The van der Waals surface area contributed by atoms with E-state index < -0.39 is 0 Å². The summed E-state index contributed by atoms with van der Waals surface area (Å²) in [6.45, 7) is 5.34. The summed E-state index contributed by atoms with van der Waals surface area (Å²) in [6.07, 6.45) is 3.64. The summed E-state index contributed by atoms with van der Waals surface area (Å²) in [7, 11) is 0. The van der Waals surface area contributed by atoms with Crippen molar-refractivity contribution < 1.29 is 4.74 Å². The van der Waals surface area contributed by atoms with E-state index in [0.717, 1.165) is 31.9 Å². The Morgan fingerprint density at radius 2 is 2.67 bits per heavy atom. The first-order valence-electron chi connectivity index (χ1n) is 3.20. The van der Waals surface area contributed by atoms with E-state index in [9.17, 15) is 0 Å². The SMILES string of the molecule is C=CCC1=NCCCO1. The van der Waals surface area contributed by atoms with Crippen LogP contribution < -0.4 is 0 Å². The third-order valence-electron chi connectivity index (χ3n) is 1.18. The Kier molecular flexibility index (Phi) is 2.31. The topological polar surface area (TPSA) is 21.6 Å². The molecule has 50 valence electrons. The fraction of sp³-hybridized carbons (Fsp3) is 0.571. The highest BCUT2D eigenvalue weighted by atomic mass is 16.5. The van der Waals surface area contributed by atoms with Crippen molar-refractivity contribution in [2.75, 3.05) is 13.2 Å². The maximum absolute atomic E-state index is 5.20. The molecule has 0 saturated heterocycles. The predicted molar refractivity (Wildman–Crippen MR) is 37.7 cm³/mol. The lowest BCUT2D eigenvalue weighted by Crippen LogP contribution is -2.12. The molecule has 0 fully saturated rings. The van der Waals surface area contributed by atoms with Crippen LogP contribution in [0.3, 0.4) is 0 Å². The highest BCUT2D eigenvalue weighted by molar-refractivity contribution is 5.77. The van der Waals surface area contributed by atoms with E-state index in [1.54, 1.807) is 0 Å². The molecule has 0 atom stereocenters. The number of ether oxygens (including phenoxy) is 1. The van der Waals surface area contributed by atoms with Crippen LogP contribution >= 0.6 is 0 Å². The molecular formula is C7H11NO. The van der Waals surface area contributed by atoms with Crippen molar-refractivity contribution >= 4 is 5.90 Å². The van der Waals surface area contributed by atoms with Crippen LogP contribution in [-0.4, -0.2) is 19.0 Å². The van der Waals surface area contributed by atoms with Gasteiger partial charge in [-0.2, -0.15) is 0 Å². The lowest BCUT2D eigenvalue weighted by molar-refractivity contribution is 0.277. The second-order valence-corrected chi connectivity index (χ2v) is 1.97. The van der Waals surface area contributed by atoms with Crippen molar-refractivity contribution in [1.82, 2.24) is 0 Å². The van der Waals surface area contributed by atoms with Gasteiger partial charge < -0.3 is 4.74 Å². The van der Waals surface area contributed by atoms with Gasteiger partial charge in [0.2, 0.25) is 0 Å². The first-order valence-corrected chi connectivity index (χ1v) is 3.20. The minimum Gasteiger partial charge on any atom is -0.481 e. The first kappa shape index (κ1) is 6.33. The largest absolute Gasteiger partial charge is 0.481 e. The molecule has 1 aliphatic rings. The molecule has 1 heterocycles. The van der Waals surface area contributed by atoms with Gasteiger partial charge in [-0.1, -0.05) is 6.08 Å². The van der Waals surface area contributed by atoms with Crippen molar-refractivity contribution in [2.45, 2.75) is 12.8 Å². The molecule has 2 heteroatoms. The van der Waals surface area contributed by atoms with Crippen LogP contribution in [0.25, 0.3) is 0 Å². The fourth-order valence-corrected chi connectivity index (χ4v) is 0.751. The Hall–Kier alpha value is -0.790. The summed E-state index contributed by atoms with van der Waals surface area (Å²) < 4.78 is 5.20. The Bertz CT molecular complexity index is 129. The zero-order valence-electron chi connectivity index (χ0n) is 5.47. The molecular weight excluding hydrogens is 114 g/mol. The molecule has 0 bridgehead atoms. The molecule has 1 rings (SSSR count). The third-order valence-corrected chi connectivity index (χ3v) is 1.18. The highest BCUT2D eigenvalue weighted by Crippen LogP contribution is 1.99. The van der Waals surface area contributed by atoms with Gasteiger partial charge >= 0.3 is 0 Å². The van der Waals surface area contributed by atoms with Crippen molar-refractivity contribution in [3.63, 3.8) is 0 Å². The van der Waals surface area contributed by atoms with Crippen LogP contribution in [0, 0.1) is 0 Å². The molecule has 0 saturated carbocycles. The molecule has 9 heavy (non-hydrogen) atoms. The standard InChI is InChI=1S/C7H11NO/c1-2-4-7-8-5-3-6-9-7/h2H,1,3-6H2. The first-order chi connectivity index (χ1) is 4.43. The van der Waals surface area contributed by atoms with Crippen molar-refractivity contribution in [2.24, 2.45) is 4.99 Å². The number of nitrogens with zero attached hydrogens (tertiary/aromatic N) is 1. The van der Waals surface area contributed by atoms with Crippen LogP contribution in [0.1, 0.15) is 12.8 Å². The van der Waals surface area contributed by atoms with Crippen LogP contribution in [0.15, 0.2) is 17.6 Å². The molecule has 0 spiro atoms. The second-order valence-electron chi connectivity index (χ2n) is 1.97. The van der Waals surface area contributed by atoms with E-state index in [-0.39, 0.29) is 0 Å². The molecule has 0 aromatic carbocycles. The maximum Gasteiger partial charge on any atom is 0.187 e. The summed E-state index contributed by atoms with van der Waals surface area (Å²) >= 11 is 0. The summed E-state index contributed by atoms with van der Waals surface area (Å²) in [5, 5.41) is 0. The molecule has 0 radical (unpaired) electrons. The molecule has 0 N–H and O–H groups in total. The van der Waals surface area contributed by atoms with Gasteiger partial charge in [-0.3, -0.25) is 4.99 Å². The highest BCUT2D eigenvalue weighted by Gasteiger charge is 2.01. The monoisotopic (exact) mass is 125 g/mol. The zero-order valence-corrected chi connectivity index (χ0v) is 5.47. The average molecular weight is 125 g/mol. The summed E-state index contributed by atoms with van der Waals surface area (Å²) in [5.74, 6) is 0.844. The molecule has 2 nitrogen and oxygen atoms in total. The van der Waals surface area contributed by atoms with Gasteiger partial charge in [-0.05, 0) is 0 Å². The molecule has 1 aliphatic heterocycles. The van der Waals surface area contributed by atoms with Crippen LogP contribution in [-0.2, 0) is 4.74 Å². The summed E-state index contributed by atoms with van der Waals surface area (Å²) in [4.78, 5) is 4.14. The van der Waals surface area contributed by atoms with Gasteiger partial charge in [-0.25, -0.2) is 0 Å². The average Bonchev–Trinajstić information content (AvgIpc) is 1.91. The maximum atomic E-state index is 5.20. The minimum absolute atomic E-state index is 0.778. The number of hydrogen-bond acceptors (Lipinski definition) is 2. The molecule has 0 aliphatic carbocycles. The van der Waals surface area contributed by atoms with E-state index >= 15 is 0 Å². The number of hydrogen-bond donors (Lipinski definition) is 0. The van der Waals surface area contributed by atoms with E-state index in [1.807, 2.05) is 6.08 Å². The lowest BCUT2D eigenvalue weighted by Gasteiger charge is -2.11. The van der Waals surface area contributed by atoms with Crippen molar-refractivity contribution in [1.29, 1.82) is 0 Å². The van der Waals surface area contributed by atoms with E-state index in [4.69, 9.17) is 4.74 Å². The molecule has 0 amide bonds. The second kappa shape index (κ2) is 3.28. The van der Waals surface area contributed by atoms with E-state index in [2.05, 4.69) is 11.6 Å². The van der Waals surface area contributed by atoms with Crippen LogP contribution in [0.4, 0.5) is 0 Å². The Morgan fingerprint density at radius 3 is 3.22 bits per heavy atom. The zero-order chi connectivity index (χ0) is 6.53. The smallest absolute Gasteiger partial charge is 0.187 e. The molecule has 0 aromatic rings. The lowest BCUT2D eigenvalue weighted by atomic mass is 10.3. The van der Waals surface area contributed by atoms with E-state index in [0.29, 0.717) is 0 Å². The quantitative estimate of drug-likeness (QED) is 0.511. The summed E-state index contributed by atoms with van der Waals surface area (Å²) in [5.41, 5.74) is 0. The van der Waals surface area contributed by atoms with Gasteiger partial charge in [0, 0.05) is 19.4 Å². The van der Waals surface area contributed by atoms with Gasteiger partial charge in [0.15, 0.2) is 5.90 Å². The summed E-state index contributed by atoms with van der Waals surface area (Å²) in [6, 6.07) is 0. The minimum atomic E-state index is 0.778. The van der Waals surface area contributed by atoms with Crippen molar-refractivity contribution in [3.8, 4) is 0 Å². The molecule has 0 unspecified atom stereocenters. The predicted octanol–water partition coefficient (Wildman–Crippen LogP) is 1.38. The Labute approximate surface area is 55.2 Å². The normalized spacial score (nSPS) is 18.0. The Morgan fingerprint density at radius 1 is 1.78 bits per heavy atom. The van der Waals surface area contributed by atoms with E-state index in [1.165, 1.54) is 0 Å².